The number of aromatic nitrogens is 4. The minimum atomic E-state index is 0.00298. The third-order valence-electron chi connectivity index (χ3n) is 2.50. The number of hydrogen-bond acceptors (Lipinski definition) is 4. The molecule has 0 amide bonds. The van der Waals surface area contributed by atoms with Crippen molar-refractivity contribution in [3.8, 4) is 0 Å². The molecule has 0 aliphatic heterocycles. The Kier molecular flexibility index (Phi) is 4.20. The fourth-order valence-corrected chi connectivity index (χ4v) is 1.74. The van der Waals surface area contributed by atoms with Crippen LogP contribution in [0.2, 0.25) is 0 Å². The van der Waals surface area contributed by atoms with E-state index in [2.05, 4.69) is 48.5 Å². The highest BCUT2D eigenvalue weighted by Gasteiger charge is 2.23. The second-order valence-corrected chi connectivity index (χ2v) is 4.35. The standard InChI is InChI=1S/C10H21N5/c1-5-7-10(3,4)15-9(8-11-6-2)12-13-14-15/h11H,5-8H2,1-4H3. The first-order valence-electron chi connectivity index (χ1n) is 5.60. The summed E-state index contributed by atoms with van der Waals surface area (Å²) in [5, 5.41) is 15.1. The first kappa shape index (κ1) is 12.1. The number of rotatable bonds is 6. The predicted octanol–water partition coefficient (Wildman–Crippen LogP) is 1.32. The van der Waals surface area contributed by atoms with E-state index < -0.39 is 0 Å². The van der Waals surface area contributed by atoms with Gasteiger partial charge < -0.3 is 5.32 Å². The third-order valence-corrected chi connectivity index (χ3v) is 2.50. The van der Waals surface area contributed by atoms with Gasteiger partial charge in [0.2, 0.25) is 0 Å². The number of tetrazole rings is 1. The summed E-state index contributed by atoms with van der Waals surface area (Å²) in [5.41, 5.74) is 0.00298. The van der Waals surface area contributed by atoms with E-state index in [1.54, 1.807) is 0 Å². The highest BCUT2D eigenvalue weighted by molar-refractivity contribution is 4.88. The van der Waals surface area contributed by atoms with Crippen LogP contribution < -0.4 is 5.32 Å². The zero-order chi connectivity index (χ0) is 11.3. The molecule has 1 rings (SSSR count). The second kappa shape index (κ2) is 5.21. The van der Waals surface area contributed by atoms with Gasteiger partial charge in [-0.25, -0.2) is 4.68 Å². The van der Waals surface area contributed by atoms with Gasteiger partial charge in [0.1, 0.15) is 0 Å². The average Bonchev–Trinajstić information content (AvgIpc) is 2.63. The van der Waals surface area contributed by atoms with Crippen molar-refractivity contribution < 1.29 is 0 Å². The Morgan fingerprint density at radius 2 is 2.07 bits per heavy atom. The van der Waals surface area contributed by atoms with Crippen LogP contribution in [0.5, 0.6) is 0 Å². The van der Waals surface area contributed by atoms with Gasteiger partial charge in [0, 0.05) is 0 Å². The van der Waals surface area contributed by atoms with Crippen molar-refractivity contribution in [3.63, 3.8) is 0 Å². The number of hydrogen-bond donors (Lipinski definition) is 1. The minimum absolute atomic E-state index is 0.00298. The molecule has 15 heavy (non-hydrogen) atoms. The molecule has 0 aromatic carbocycles. The first-order valence-corrected chi connectivity index (χ1v) is 5.60. The maximum absolute atomic E-state index is 4.07. The van der Waals surface area contributed by atoms with Gasteiger partial charge >= 0.3 is 0 Å². The van der Waals surface area contributed by atoms with Gasteiger partial charge in [-0.05, 0) is 37.2 Å². The average molecular weight is 211 g/mol. The Morgan fingerprint density at radius 3 is 2.67 bits per heavy atom. The van der Waals surface area contributed by atoms with Crippen LogP contribution in [-0.4, -0.2) is 26.8 Å². The molecule has 1 N–H and O–H groups in total. The van der Waals surface area contributed by atoms with E-state index >= 15 is 0 Å². The van der Waals surface area contributed by atoms with Crippen LogP contribution in [0.1, 0.15) is 46.4 Å². The first-order chi connectivity index (χ1) is 7.11. The van der Waals surface area contributed by atoms with Crippen LogP contribution >= 0.6 is 0 Å². The molecule has 0 fully saturated rings. The van der Waals surface area contributed by atoms with Gasteiger partial charge in [-0.1, -0.05) is 20.3 Å². The molecule has 1 aromatic rings. The van der Waals surface area contributed by atoms with Gasteiger partial charge in [0.25, 0.3) is 0 Å². The SMILES string of the molecule is CCCC(C)(C)n1nnnc1CNCC. The molecule has 0 aliphatic rings. The third kappa shape index (κ3) is 2.99. The van der Waals surface area contributed by atoms with Crippen LogP contribution in [0.3, 0.4) is 0 Å². The predicted molar refractivity (Wildman–Crippen MR) is 59.4 cm³/mol. The Morgan fingerprint density at radius 1 is 1.33 bits per heavy atom. The molecule has 1 aromatic heterocycles. The minimum Gasteiger partial charge on any atom is -0.310 e. The lowest BCUT2D eigenvalue weighted by Gasteiger charge is -2.25. The van der Waals surface area contributed by atoms with E-state index in [1.807, 2.05) is 4.68 Å². The van der Waals surface area contributed by atoms with E-state index in [9.17, 15) is 0 Å². The molecular formula is C10H21N5. The molecule has 0 bridgehead atoms. The van der Waals surface area contributed by atoms with Crippen LogP contribution in [0.25, 0.3) is 0 Å². The topological polar surface area (TPSA) is 55.6 Å². The molecule has 0 aliphatic carbocycles. The van der Waals surface area contributed by atoms with E-state index in [4.69, 9.17) is 0 Å². The molecule has 0 unspecified atom stereocenters. The zero-order valence-corrected chi connectivity index (χ0v) is 10.1. The summed E-state index contributed by atoms with van der Waals surface area (Å²) in [6.07, 6.45) is 2.21. The van der Waals surface area contributed by atoms with E-state index in [0.29, 0.717) is 0 Å². The summed E-state index contributed by atoms with van der Waals surface area (Å²) < 4.78 is 1.93. The van der Waals surface area contributed by atoms with Crippen molar-refractivity contribution in [3.05, 3.63) is 5.82 Å². The summed E-state index contributed by atoms with van der Waals surface area (Å²) in [6.45, 7) is 10.3. The Hall–Kier alpha value is -0.970. The molecular weight excluding hydrogens is 190 g/mol. The van der Waals surface area contributed by atoms with Crippen LogP contribution in [0.15, 0.2) is 0 Å². The Bertz CT molecular complexity index is 292. The lowest BCUT2D eigenvalue weighted by Crippen LogP contribution is -2.31. The number of nitrogens with zero attached hydrogens (tertiary/aromatic N) is 4. The van der Waals surface area contributed by atoms with Crippen molar-refractivity contribution in [2.45, 2.75) is 52.6 Å². The lowest BCUT2D eigenvalue weighted by atomic mass is 9.99. The van der Waals surface area contributed by atoms with Gasteiger partial charge in [-0.3, -0.25) is 0 Å². The largest absolute Gasteiger partial charge is 0.310 e. The van der Waals surface area contributed by atoms with Gasteiger partial charge in [-0.2, -0.15) is 0 Å². The molecule has 0 saturated heterocycles. The highest BCUT2D eigenvalue weighted by atomic mass is 15.6. The Labute approximate surface area is 91.2 Å². The van der Waals surface area contributed by atoms with E-state index in [1.165, 1.54) is 0 Å². The van der Waals surface area contributed by atoms with Crippen molar-refractivity contribution in [1.82, 2.24) is 25.5 Å². The fourth-order valence-electron chi connectivity index (χ4n) is 1.74. The van der Waals surface area contributed by atoms with Gasteiger partial charge in [0.05, 0.1) is 12.1 Å². The molecule has 0 radical (unpaired) electrons. The second-order valence-electron chi connectivity index (χ2n) is 4.35. The summed E-state index contributed by atoms with van der Waals surface area (Å²) >= 11 is 0. The summed E-state index contributed by atoms with van der Waals surface area (Å²) in [5.74, 6) is 0.912. The van der Waals surface area contributed by atoms with Crippen LogP contribution in [0, 0.1) is 0 Å². The van der Waals surface area contributed by atoms with Crippen molar-refractivity contribution in [1.29, 1.82) is 0 Å². The van der Waals surface area contributed by atoms with Crippen molar-refractivity contribution in [2.75, 3.05) is 6.54 Å². The molecule has 0 atom stereocenters. The molecule has 5 heteroatoms. The smallest absolute Gasteiger partial charge is 0.165 e. The van der Waals surface area contributed by atoms with Crippen LogP contribution in [0.4, 0.5) is 0 Å². The normalized spacial score (nSPS) is 12.0. The Balaban J connectivity index is 2.79. The van der Waals surface area contributed by atoms with Crippen molar-refractivity contribution >= 4 is 0 Å². The maximum Gasteiger partial charge on any atom is 0.165 e. The summed E-state index contributed by atoms with van der Waals surface area (Å²) in [6, 6.07) is 0. The highest BCUT2D eigenvalue weighted by Crippen LogP contribution is 2.20. The van der Waals surface area contributed by atoms with Gasteiger partial charge in [-0.15, -0.1) is 5.10 Å². The fraction of sp³-hybridized carbons (Fsp3) is 0.900. The van der Waals surface area contributed by atoms with Crippen molar-refractivity contribution in [2.24, 2.45) is 0 Å². The van der Waals surface area contributed by atoms with E-state index in [-0.39, 0.29) is 5.54 Å². The molecule has 5 nitrogen and oxygen atoms in total. The van der Waals surface area contributed by atoms with Crippen LogP contribution in [-0.2, 0) is 12.1 Å². The summed E-state index contributed by atoms with van der Waals surface area (Å²) in [7, 11) is 0. The number of nitrogens with one attached hydrogen (secondary N) is 1. The quantitative estimate of drug-likeness (QED) is 0.771. The lowest BCUT2D eigenvalue weighted by molar-refractivity contribution is 0.275. The van der Waals surface area contributed by atoms with Gasteiger partial charge in [0.15, 0.2) is 5.82 Å². The monoisotopic (exact) mass is 211 g/mol. The molecule has 86 valence electrons. The van der Waals surface area contributed by atoms with E-state index in [0.717, 1.165) is 31.8 Å². The molecule has 0 saturated carbocycles. The summed E-state index contributed by atoms with van der Waals surface area (Å²) in [4.78, 5) is 0. The maximum atomic E-state index is 4.07. The zero-order valence-electron chi connectivity index (χ0n) is 10.1. The molecule has 1 heterocycles. The molecule has 0 spiro atoms.